The number of hydrogen-bond donors (Lipinski definition) is 2. The van der Waals surface area contributed by atoms with Crippen LogP contribution in [0, 0.1) is 0 Å². The standard InChI is InChI=1S/C10H16N4O/c11-5-8-6-13-10(7-12-8)14-3-1-9(15)2-4-14/h6-7,9,15H,1-5,11H2. The van der Waals surface area contributed by atoms with Gasteiger partial charge in [-0.2, -0.15) is 0 Å². The molecule has 0 amide bonds. The van der Waals surface area contributed by atoms with Gasteiger partial charge in [-0.3, -0.25) is 4.98 Å². The lowest BCUT2D eigenvalue weighted by atomic mass is 10.1. The lowest BCUT2D eigenvalue weighted by Gasteiger charge is -2.30. The summed E-state index contributed by atoms with van der Waals surface area (Å²) in [7, 11) is 0. The largest absolute Gasteiger partial charge is 0.393 e. The van der Waals surface area contributed by atoms with E-state index in [1.807, 2.05) is 0 Å². The van der Waals surface area contributed by atoms with E-state index in [-0.39, 0.29) is 6.10 Å². The van der Waals surface area contributed by atoms with Gasteiger partial charge < -0.3 is 15.7 Å². The number of aliphatic hydroxyl groups excluding tert-OH is 1. The number of hydrogen-bond acceptors (Lipinski definition) is 5. The summed E-state index contributed by atoms with van der Waals surface area (Å²) in [6.45, 7) is 2.11. The molecule has 0 aromatic carbocycles. The Labute approximate surface area is 88.9 Å². The van der Waals surface area contributed by atoms with Crippen LogP contribution in [0.25, 0.3) is 0 Å². The minimum atomic E-state index is -0.155. The van der Waals surface area contributed by atoms with Crippen LogP contribution in [0.4, 0.5) is 5.82 Å². The zero-order valence-corrected chi connectivity index (χ0v) is 8.63. The van der Waals surface area contributed by atoms with Crippen LogP contribution in [0.15, 0.2) is 12.4 Å². The summed E-state index contributed by atoms with van der Waals surface area (Å²) >= 11 is 0. The molecule has 1 saturated heterocycles. The molecule has 0 radical (unpaired) electrons. The number of piperidine rings is 1. The summed E-state index contributed by atoms with van der Waals surface area (Å²) in [6, 6.07) is 0. The topological polar surface area (TPSA) is 75.3 Å². The smallest absolute Gasteiger partial charge is 0.147 e. The first-order valence-corrected chi connectivity index (χ1v) is 5.23. The van der Waals surface area contributed by atoms with Crippen LogP contribution in [0.2, 0.25) is 0 Å². The summed E-state index contributed by atoms with van der Waals surface area (Å²) in [4.78, 5) is 10.6. The molecule has 2 heterocycles. The van der Waals surface area contributed by atoms with Crippen LogP contribution in [-0.4, -0.2) is 34.3 Å². The van der Waals surface area contributed by atoms with Crippen molar-refractivity contribution in [3.63, 3.8) is 0 Å². The van der Waals surface area contributed by atoms with E-state index in [0.29, 0.717) is 6.54 Å². The van der Waals surface area contributed by atoms with E-state index in [1.165, 1.54) is 0 Å². The summed E-state index contributed by atoms with van der Waals surface area (Å²) in [5.74, 6) is 0.874. The molecule has 1 aromatic heterocycles. The lowest BCUT2D eigenvalue weighted by molar-refractivity contribution is 0.145. The molecule has 82 valence electrons. The van der Waals surface area contributed by atoms with E-state index < -0.39 is 0 Å². The highest BCUT2D eigenvalue weighted by Gasteiger charge is 2.17. The zero-order chi connectivity index (χ0) is 10.7. The second-order valence-corrected chi connectivity index (χ2v) is 3.79. The minimum absolute atomic E-state index is 0.155. The highest BCUT2D eigenvalue weighted by atomic mass is 16.3. The monoisotopic (exact) mass is 208 g/mol. The first-order valence-electron chi connectivity index (χ1n) is 5.23. The molecule has 2 rings (SSSR count). The Morgan fingerprint density at radius 3 is 2.60 bits per heavy atom. The first kappa shape index (κ1) is 10.3. The van der Waals surface area contributed by atoms with Gasteiger partial charge >= 0.3 is 0 Å². The molecule has 15 heavy (non-hydrogen) atoms. The predicted molar refractivity (Wildman–Crippen MR) is 57.4 cm³/mol. The molecule has 0 atom stereocenters. The SMILES string of the molecule is NCc1cnc(N2CCC(O)CC2)cn1. The second kappa shape index (κ2) is 4.55. The highest BCUT2D eigenvalue weighted by molar-refractivity contribution is 5.36. The third kappa shape index (κ3) is 2.43. The van der Waals surface area contributed by atoms with Gasteiger partial charge in [0, 0.05) is 19.6 Å². The molecule has 1 aliphatic rings. The predicted octanol–water partition coefficient (Wildman–Crippen LogP) is -0.104. The van der Waals surface area contributed by atoms with E-state index in [0.717, 1.165) is 37.4 Å². The highest BCUT2D eigenvalue weighted by Crippen LogP contribution is 2.16. The van der Waals surface area contributed by atoms with Crippen molar-refractivity contribution >= 4 is 5.82 Å². The molecule has 0 aliphatic carbocycles. The van der Waals surface area contributed by atoms with Gasteiger partial charge in [0.2, 0.25) is 0 Å². The van der Waals surface area contributed by atoms with E-state index in [9.17, 15) is 5.11 Å². The number of nitrogens with zero attached hydrogens (tertiary/aromatic N) is 3. The number of anilines is 1. The maximum atomic E-state index is 9.38. The number of aliphatic hydroxyl groups is 1. The fraction of sp³-hybridized carbons (Fsp3) is 0.600. The van der Waals surface area contributed by atoms with Gasteiger partial charge in [0.15, 0.2) is 0 Å². The van der Waals surface area contributed by atoms with Crippen molar-refractivity contribution in [2.24, 2.45) is 5.73 Å². The second-order valence-electron chi connectivity index (χ2n) is 3.79. The molecule has 5 nitrogen and oxygen atoms in total. The van der Waals surface area contributed by atoms with Gasteiger partial charge in [0.05, 0.1) is 24.2 Å². The van der Waals surface area contributed by atoms with Crippen molar-refractivity contribution in [1.82, 2.24) is 9.97 Å². The maximum absolute atomic E-state index is 9.38. The van der Waals surface area contributed by atoms with Crippen LogP contribution in [0.3, 0.4) is 0 Å². The Hall–Kier alpha value is -1.20. The van der Waals surface area contributed by atoms with E-state index >= 15 is 0 Å². The normalized spacial score (nSPS) is 18.1. The third-order valence-electron chi connectivity index (χ3n) is 2.69. The molecular formula is C10H16N4O. The molecule has 0 saturated carbocycles. The molecule has 0 unspecified atom stereocenters. The van der Waals surface area contributed by atoms with Gasteiger partial charge in [-0.25, -0.2) is 4.98 Å². The third-order valence-corrected chi connectivity index (χ3v) is 2.69. The van der Waals surface area contributed by atoms with Gasteiger partial charge in [0.25, 0.3) is 0 Å². The average molecular weight is 208 g/mol. The van der Waals surface area contributed by atoms with Gasteiger partial charge in [-0.15, -0.1) is 0 Å². The molecule has 0 bridgehead atoms. The minimum Gasteiger partial charge on any atom is -0.393 e. The maximum Gasteiger partial charge on any atom is 0.147 e. The Kier molecular flexibility index (Phi) is 3.13. The Morgan fingerprint density at radius 2 is 2.07 bits per heavy atom. The van der Waals surface area contributed by atoms with Gasteiger partial charge in [-0.1, -0.05) is 0 Å². The quantitative estimate of drug-likeness (QED) is 0.709. The average Bonchev–Trinajstić information content (AvgIpc) is 2.30. The molecule has 1 aliphatic heterocycles. The summed E-state index contributed by atoms with van der Waals surface area (Å²) in [5, 5.41) is 9.38. The van der Waals surface area contributed by atoms with E-state index in [1.54, 1.807) is 12.4 Å². The van der Waals surface area contributed by atoms with Crippen molar-refractivity contribution in [3.8, 4) is 0 Å². The van der Waals surface area contributed by atoms with Crippen LogP contribution in [-0.2, 0) is 6.54 Å². The number of aromatic nitrogens is 2. The number of rotatable bonds is 2. The Morgan fingerprint density at radius 1 is 1.33 bits per heavy atom. The first-order chi connectivity index (χ1) is 7.29. The zero-order valence-electron chi connectivity index (χ0n) is 8.63. The fourth-order valence-electron chi connectivity index (χ4n) is 1.71. The molecule has 1 aromatic rings. The van der Waals surface area contributed by atoms with Crippen molar-refractivity contribution in [2.75, 3.05) is 18.0 Å². The number of nitrogens with two attached hydrogens (primary N) is 1. The van der Waals surface area contributed by atoms with Crippen molar-refractivity contribution < 1.29 is 5.11 Å². The molecule has 0 spiro atoms. The van der Waals surface area contributed by atoms with Crippen molar-refractivity contribution in [1.29, 1.82) is 0 Å². The van der Waals surface area contributed by atoms with Crippen LogP contribution < -0.4 is 10.6 Å². The lowest BCUT2D eigenvalue weighted by Crippen LogP contribution is -2.36. The van der Waals surface area contributed by atoms with E-state index in [4.69, 9.17) is 5.73 Å². The fourth-order valence-corrected chi connectivity index (χ4v) is 1.71. The molecule has 5 heteroatoms. The van der Waals surface area contributed by atoms with Crippen molar-refractivity contribution in [3.05, 3.63) is 18.1 Å². The van der Waals surface area contributed by atoms with E-state index in [2.05, 4.69) is 14.9 Å². The summed E-state index contributed by atoms with van der Waals surface area (Å²) in [6.07, 6.45) is 4.92. The van der Waals surface area contributed by atoms with Crippen molar-refractivity contribution in [2.45, 2.75) is 25.5 Å². The molecule has 3 N–H and O–H groups in total. The molecule has 1 fully saturated rings. The van der Waals surface area contributed by atoms with Crippen LogP contribution >= 0.6 is 0 Å². The Balaban J connectivity index is 2.03. The summed E-state index contributed by atoms with van der Waals surface area (Å²) < 4.78 is 0. The van der Waals surface area contributed by atoms with Crippen LogP contribution in [0.1, 0.15) is 18.5 Å². The Bertz CT molecular complexity index is 306. The summed E-state index contributed by atoms with van der Waals surface area (Å²) in [5.41, 5.74) is 6.25. The van der Waals surface area contributed by atoms with Crippen LogP contribution in [0.5, 0.6) is 0 Å². The molecular weight excluding hydrogens is 192 g/mol. The van der Waals surface area contributed by atoms with Gasteiger partial charge in [-0.05, 0) is 12.8 Å². The van der Waals surface area contributed by atoms with Gasteiger partial charge in [0.1, 0.15) is 5.82 Å².